The van der Waals surface area contributed by atoms with E-state index in [4.69, 9.17) is 9.47 Å². The molecule has 1 N–H and O–H groups in total. The van der Waals surface area contributed by atoms with Crippen molar-refractivity contribution < 1.29 is 9.47 Å². The Balaban J connectivity index is 1.79. The number of ether oxygens (including phenoxy) is 2. The number of anilines is 1. The third kappa shape index (κ3) is 2.86. The molecule has 2 heterocycles. The molecule has 100 valence electrons. The summed E-state index contributed by atoms with van der Waals surface area (Å²) in [7, 11) is 0. The average Bonchev–Trinajstić information content (AvgIpc) is 2.47. The molecule has 1 aromatic carbocycles. The molecule has 1 atom stereocenters. The molecule has 1 saturated heterocycles. The van der Waals surface area contributed by atoms with Crippen LogP contribution in [0.2, 0.25) is 0 Å². The molecule has 1 fully saturated rings. The van der Waals surface area contributed by atoms with Crippen molar-refractivity contribution in [1.29, 1.82) is 0 Å². The van der Waals surface area contributed by atoms with E-state index in [0.717, 1.165) is 21.2 Å². The van der Waals surface area contributed by atoms with Crippen molar-refractivity contribution in [2.24, 2.45) is 0 Å². The van der Waals surface area contributed by atoms with Crippen molar-refractivity contribution in [3.05, 3.63) is 29.0 Å². The maximum atomic E-state index is 5.60. The zero-order valence-corrected chi connectivity index (χ0v) is 11.9. The van der Waals surface area contributed by atoms with E-state index < -0.39 is 0 Å². The van der Waals surface area contributed by atoms with E-state index in [9.17, 15) is 0 Å². The van der Waals surface area contributed by atoms with E-state index in [1.807, 2.05) is 18.2 Å². The summed E-state index contributed by atoms with van der Waals surface area (Å²) < 4.78 is 11.9. The van der Waals surface area contributed by atoms with Crippen molar-refractivity contribution in [3.8, 4) is 0 Å². The second-order valence-electron chi connectivity index (χ2n) is 4.31. The van der Waals surface area contributed by atoms with Crippen LogP contribution in [0.4, 0.5) is 5.82 Å². The van der Waals surface area contributed by atoms with Gasteiger partial charge in [0.1, 0.15) is 12.1 Å². The van der Waals surface area contributed by atoms with Crippen molar-refractivity contribution in [2.75, 3.05) is 31.7 Å². The van der Waals surface area contributed by atoms with Crippen LogP contribution in [-0.4, -0.2) is 42.4 Å². The SMILES string of the molecule is Brc1cccc2c(NC[C@@H]3COCCO3)ncnc12. The van der Waals surface area contributed by atoms with Gasteiger partial charge in [-0.1, -0.05) is 6.07 Å². The lowest BCUT2D eigenvalue weighted by atomic mass is 10.2. The molecule has 19 heavy (non-hydrogen) atoms. The molecule has 0 radical (unpaired) electrons. The van der Waals surface area contributed by atoms with Crippen molar-refractivity contribution in [1.82, 2.24) is 9.97 Å². The Morgan fingerprint density at radius 3 is 3.11 bits per heavy atom. The number of hydrogen-bond donors (Lipinski definition) is 1. The highest BCUT2D eigenvalue weighted by atomic mass is 79.9. The number of aromatic nitrogens is 2. The minimum atomic E-state index is 0.0749. The van der Waals surface area contributed by atoms with Crippen LogP contribution < -0.4 is 5.32 Å². The molecule has 0 aliphatic carbocycles. The maximum Gasteiger partial charge on any atom is 0.137 e. The Morgan fingerprint density at radius 2 is 2.26 bits per heavy atom. The molecule has 3 rings (SSSR count). The van der Waals surface area contributed by atoms with Gasteiger partial charge in [-0.05, 0) is 28.1 Å². The molecule has 5 nitrogen and oxygen atoms in total. The average molecular weight is 324 g/mol. The third-order valence-corrected chi connectivity index (χ3v) is 3.64. The summed E-state index contributed by atoms with van der Waals surface area (Å²) in [6.45, 7) is 2.64. The second kappa shape index (κ2) is 5.81. The Labute approximate surface area is 119 Å². The van der Waals surface area contributed by atoms with Gasteiger partial charge in [-0.2, -0.15) is 0 Å². The molecule has 0 saturated carbocycles. The van der Waals surface area contributed by atoms with E-state index in [2.05, 4.69) is 31.2 Å². The molecular weight excluding hydrogens is 310 g/mol. The normalized spacial score (nSPS) is 19.5. The first kappa shape index (κ1) is 12.8. The lowest BCUT2D eigenvalue weighted by Gasteiger charge is -2.23. The third-order valence-electron chi connectivity index (χ3n) is 3.00. The number of nitrogens with zero attached hydrogens (tertiary/aromatic N) is 2. The standard InChI is InChI=1S/C13H14BrN3O2/c14-11-3-1-2-10-12(11)16-8-17-13(10)15-6-9-7-18-4-5-19-9/h1-3,8-9H,4-7H2,(H,15,16,17)/t9-/m1/s1. The summed E-state index contributed by atoms with van der Waals surface area (Å²) in [6.07, 6.45) is 1.64. The molecule has 0 spiro atoms. The van der Waals surface area contributed by atoms with E-state index in [1.165, 1.54) is 0 Å². The highest BCUT2D eigenvalue weighted by Gasteiger charge is 2.15. The predicted molar refractivity (Wildman–Crippen MR) is 76.3 cm³/mol. The molecule has 1 aliphatic rings. The molecule has 0 unspecified atom stereocenters. The predicted octanol–water partition coefficient (Wildman–Crippen LogP) is 2.22. The van der Waals surface area contributed by atoms with Crippen LogP contribution in [0.1, 0.15) is 0 Å². The number of fused-ring (bicyclic) bond motifs is 1. The monoisotopic (exact) mass is 323 g/mol. The quantitative estimate of drug-likeness (QED) is 0.938. The minimum absolute atomic E-state index is 0.0749. The first-order valence-corrected chi connectivity index (χ1v) is 6.96. The first-order valence-electron chi connectivity index (χ1n) is 6.17. The number of hydrogen-bond acceptors (Lipinski definition) is 5. The second-order valence-corrected chi connectivity index (χ2v) is 5.16. The summed E-state index contributed by atoms with van der Waals surface area (Å²) in [6, 6.07) is 5.94. The first-order chi connectivity index (χ1) is 9.34. The van der Waals surface area contributed by atoms with Gasteiger partial charge < -0.3 is 14.8 Å². The smallest absolute Gasteiger partial charge is 0.137 e. The van der Waals surface area contributed by atoms with Gasteiger partial charge in [0, 0.05) is 16.4 Å². The van der Waals surface area contributed by atoms with E-state index in [1.54, 1.807) is 6.33 Å². The van der Waals surface area contributed by atoms with Gasteiger partial charge in [-0.3, -0.25) is 0 Å². The zero-order chi connectivity index (χ0) is 13.1. The van der Waals surface area contributed by atoms with Gasteiger partial charge >= 0.3 is 0 Å². The van der Waals surface area contributed by atoms with E-state index in [0.29, 0.717) is 26.4 Å². The Bertz CT molecular complexity index is 573. The molecule has 2 aromatic rings. The fourth-order valence-electron chi connectivity index (χ4n) is 2.06. The Hall–Kier alpha value is -1.24. The molecule has 0 amide bonds. The van der Waals surface area contributed by atoms with E-state index in [-0.39, 0.29) is 6.10 Å². The summed E-state index contributed by atoms with van der Waals surface area (Å²) in [4.78, 5) is 8.58. The van der Waals surface area contributed by atoms with Crippen LogP contribution in [0.25, 0.3) is 10.9 Å². The summed E-state index contributed by atoms with van der Waals surface area (Å²) in [5.41, 5.74) is 0.904. The van der Waals surface area contributed by atoms with E-state index >= 15 is 0 Å². The van der Waals surface area contributed by atoms with Gasteiger partial charge in [0.2, 0.25) is 0 Å². The fraction of sp³-hybridized carbons (Fsp3) is 0.385. The minimum Gasteiger partial charge on any atom is -0.376 e. The molecule has 6 heteroatoms. The fourth-order valence-corrected chi connectivity index (χ4v) is 2.53. The lowest BCUT2D eigenvalue weighted by molar-refractivity contribution is -0.0819. The maximum absolute atomic E-state index is 5.60. The highest BCUT2D eigenvalue weighted by Crippen LogP contribution is 2.25. The molecule has 1 aromatic heterocycles. The Kier molecular flexibility index (Phi) is 3.91. The van der Waals surface area contributed by atoms with Crippen LogP contribution in [-0.2, 0) is 9.47 Å². The number of nitrogens with one attached hydrogen (secondary N) is 1. The van der Waals surface area contributed by atoms with Crippen molar-refractivity contribution in [2.45, 2.75) is 6.10 Å². The van der Waals surface area contributed by atoms with Crippen LogP contribution >= 0.6 is 15.9 Å². The largest absolute Gasteiger partial charge is 0.376 e. The summed E-state index contributed by atoms with van der Waals surface area (Å²) in [5, 5.41) is 4.30. The molecular formula is C13H14BrN3O2. The zero-order valence-electron chi connectivity index (χ0n) is 10.3. The number of para-hydroxylation sites is 1. The van der Waals surface area contributed by atoms with Gasteiger partial charge in [0.05, 0.1) is 31.4 Å². The number of rotatable bonds is 3. The van der Waals surface area contributed by atoms with Crippen LogP contribution in [0.5, 0.6) is 0 Å². The van der Waals surface area contributed by atoms with Gasteiger partial charge in [0.25, 0.3) is 0 Å². The topological polar surface area (TPSA) is 56.3 Å². The number of benzene rings is 1. The van der Waals surface area contributed by atoms with Crippen molar-refractivity contribution in [3.63, 3.8) is 0 Å². The van der Waals surface area contributed by atoms with Gasteiger partial charge in [-0.15, -0.1) is 0 Å². The van der Waals surface area contributed by atoms with Crippen LogP contribution in [0, 0.1) is 0 Å². The summed E-state index contributed by atoms with van der Waals surface area (Å²) >= 11 is 3.50. The lowest BCUT2D eigenvalue weighted by Crippen LogP contribution is -2.34. The van der Waals surface area contributed by atoms with Crippen LogP contribution in [0.15, 0.2) is 29.0 Å². The van der Waals surface area contributed by atoms with Gasteiger partial charge in [0.15, 0.2) is 0 Å². The summed E-state index contributed by atoms with van der Waals surface area (Å²) in [5.74, 6) is 0.820. The van der Waals surface area contributed by atoms with Crippen molar-refractivity contribution >= 4 is 32.7 Å². The Morgan fingerprint density at radius 1 is 1.32 bits per heavy atom. The molecule has 1 aliphatic heterocycles. The molecule has 0 bridgehead atoms. The highest BCUT2D eigenvalue weighted by molar-refractivity contribution is 9.10. The van der Waals surface area contributed by atoms with Crippen LogP contribution in [0.3, 0.4) is 0 Å². The van der Waals surface area contributed by atoms with Gasteiger partial charge in [-0.25, -0.2) is 9.97 Å². The number of halogens is 1.